The minimum absolute atomic E-state index is 0.755. The molecular formula is C17H28Si2. The van der Waals surface area contributed by atoms with Crippen molar-refractivity contribution in [2.45, 2.75) is 50.7 Å². The summed E-state index contributed by atoms with van der Waals surface area (Å²) in [5, 5.41) is 2.71. The van der Waals surface area contributed by atoms with Crippen LogP contribution >= 0.6 is 0 Å². The van der Waals surface area contributed by atoms with E-state index in [2.05, 4.69) is 57.5 Å². The van der Waals surface area contributed by atoms with Gasteiger partial charge in [-0.25, -0.2) is 0 Å². The SMILES string of the molecule is C[Si](C)(C)C1=C[C@H]2C=C[C@@H]3[C@H]4C[C@@H]2C1C34[Si](C)(C)C. The van der Waals surface area contributed by atoms with Gasteiger partial charge in [0, 0.05) is 0 Å². The zero-order valence-corrected chi connectivity index (χ0v) is 15.3. The van der Waals surface area contributed by atoms with E-state index in [-0.39, 0.29) is 0 Å². The molecule has 2 saturated carbocycles. The van der Waals surface area contributed by atoms with Crippen LogP contribution in [-0.4, -0.2) is 16.1 Å². The Hall–Kier alpha value is -0.0862. The Morgan fingerprint density at radius 2 is 1.74 bits per heavy atom. The van der Waals surface area contributed by atoms with Crippen molar-refractivity contribution in [3.8, 4) is 0 Å². The molecule has 6 atom stereocenters. The maximum absolute atomic E-state index is 2.73. The van der Waals surface area contributed by atoms with E-state index in [4.69, 9.17) is 0 Å². The van der Waals surface area contributed by atoms with Gasteiger partial charge in [-0.2, -0.15) is 0 Å². The highest BCUT2D eigenvalue weighted by molar-refractivity contribution is 6.84. The predicted molar refractivity (Wildman–Crippen MR) is 88.7 cm³/mol. The van der Waals surface area contributed by atoms with Crippen molar-refractivity contribution in [2.75, 3.05) is 0 Å². The zero-order valence-electron chi connectivity index (χ0n) is 13.3. The number of hydrogen-bond donors (Lipinski definition) is 0. The summed E-state index contributed by atoms with van der Waals surface area (Å²) in [4.78, 5) is 0. The van der Waals surface area contributed by atoms with Crippen LogP contribution in [0.5, 0.6) is 0 Å². The molecule has 2 heteroatoms. The van der Waals surface area contributed by atoms with Crippen LogP contribution in [0.1, 0.15) is 6.42 Å². The van der Waals surface area contributed by atoms with Crippen molar-refractivity contribution in [3.63, 3.8) is 0 Å². The Bertz CT molecular complexity index is 502. The fraction of sp³-hybridized carbons (Fsp3) is 0.765. The topological polar surface area (TPSA) is 0 Å². The van der Waals surface area contributed by atoms with Gasteiger partial charge in [-0.3, -0.25) is 0 Å². The number of rotatable bonds is 2. The summed E-state index contributed by atoms with van der Waals surface area (Å²) in [6.45, 7) is 15.7. The van der Waals surface area contributed by atoms with E-state index in [0.29, 0.717) is 0 Å². The lowest BCUT2D eigenvalue weighted by molar-refractivity contribution is 0.371. The Morgan fingerprint density at radius 1 is 1.05 bits per heavy atom. The molecule has 0 aromatic carbocycles. The molecule has 0 nitrogen and oxygen atoms in total. The maximum atomic E-state index is 2.73. The van der Waals surface area contributed by atoms with Gasteiger partial charge >= 0.3 is 0 Å². The first kappa shape index (κ1) is 12.6. The van der Waals surface area contributed by atoms with E-state index in [9.17, 15) is 0 Å². The largest absolute Gasteiger partial charge is 0.0842 e. The maximum Gasteiger partial charge on any atom is 0.0724 e. The van der Waals surface area contributed by atoms with Gasteiger partial charge in [0.1, 0.15) is 0 Å². The zero-order chi connectivity index (χ0) is 13.8. The lowest BCUT2D eigenvalue weighted by atomic mass is 9.88. The molecule has 104 valence electrons. The summed E-state index contributed by atoms with van der Waals surface area (Å²) in [6, 6.07) is 0. The Morgan fingerprint density at radius 3 is 2.32 bits per heavy atom. The van der Waals surface area contributed by atoms with Gasteiger partial charge in [0.2, 0.25) is 0 Å². The summed E-state index contributed by atoms with van der Waals surface area (Å²) < 4.78 is 0. The Labute approximate surface area is 120 Å². The summed E-state index contributed by atoms with van der Waals surface area (Å²) in [5.74, 6) is 4.81. The van der Waals surface area contributed by atoms with Crippen LogP contribution in [0.3, 0.4) is 0 Å². The highest BCUT2D eigenvalue weighted by Gasteiger charge is 2.79. The molecule has 5 aliphatic carbocycles. The molecule has 0 aromatic rings. The van der Waals surface area contributed by atoms with Gasteiger partial charge < -0.3 is 0 Å². The van der Waals surface area contributed by atoms with Crippen molar-refractivity contribution in [1.82, 2.24) is 0 Å². The molecule has 2 unspecified atom stereocenters. The molecule has 0 amide bonds. The molecule has 2 fully saturated rings. The lowest BCUT2D eigenvalue weighted by Crippen LogP contribution is -2.41. The first-order valence-corrected chi connectivity index (χ1v) is 15.1. The summed E-state index contributed by atoms with van der Waals surface area (Å²) in [7, 11) is -2.25. The molecule has 6 bridgehead atoms. The van der Waals surface area contributed by atoms with Crippen LogP contribution in [-0.2, 0) is 0 Å². The third-order valence-corrected chi connectivity index (χ3v) is 12.7. The summed E-state index contributed by atoms with van der Waals surface area (Å²) >= 11 is 0. The number of hydrogen-bond acceptors (Lipinski definition) is 0. The fourth-order valence-electron chi connectivity index (χ4n) is 6.36. The Balaban J connectivity index is 1.90. The minimum Gasteiger partial charge on any atom is -0.0842 e. The van der Waals surface area contributed by atoms with Gasteiger partial charge in [-0.05, 0) is 41.0 Å². The first-order chi connectivity index (χ1) is 8.69. The second kappa shape index (κ2) is 3.22. The molecule has 0 saturated heterocycles. The molecule has 5 aliphatic rings. The molecular weight excluding hydrogens is 260 g/mol. The van der Waals surface area contributed by atoms with Gasteiger partial charge in [-0.1, -0.05) is 62.7 Å². The fourth-order valence-corrected chi connectivity index (χ4v) is 12.5. The van der Waals surface area contributed by atoms with Crippen LogP contribution in [0, 0.1) is 29.6 Å². The van der Waals surface area contributed by atoms with Crippen molar-refractivity contribution in [2.24, 2.45) is 29.6 Å². The third-order valence-electron chi connectivity index (χ3n) is 6.87. The average molecular weight is 289 g/mol. The molecule has 0 N–H and O–H groups in total. The van der Waals surface area contributed by atoms with Gasteiger partial charge in [0.05, 0.1) is 16.1 Å². The highest BCUT2D eigenvalue weighted by Crippen LogP contribution is 2.86. The van der Waals surface area contributed by atoms with E-state index in [1.54, 1.807) is 6.42 Å². The van der Waals surface area contributed by atoms with Gasteiger partial charge in [0.25, 0.3) is 0 Å². The second-order valence-electron chi connectivity index (χ2n) is 9.53. The molecule has 19 heavy (non-hydrogen) atoms. The van der Waals surface area contributed by atoms with Gasteiger partial charge in [0.15, 0.2) is 0 Å². The van der Waals surface area contributed by atoms with Crippen molar-refractivity contribution < 1.29 is 0 Å². The monoisotopic (exact) mass is 288 g/mol. The van der Waals surface area contributed by atoms with Crippen LogP contribution in [0.15, 0.2) is 23.4 Å². The van der Waals surface area contributed by atoms with Crippen LogP contribution < -0.4 is 0 Å². The molecule has 0 aliphatic heterocycles. The van der Waals surface area contributed by atoms with Crippen molar-refractivity contribution >= 4 is 16.1 Å². The first-order valence-electron chi connectivity index (χ1n) is 8.09. The summed E-state index contributed by atoms with van der Waals surface area (Å²) in [5.41, 5.74) is 0. The normalized spacial score (nSPS) is 50.2. The van der Waals surface area contributed by atoms with Crippen molar-refractivity contribution in [3.05, 3.63) is 23.4 Å². The van der Waals surface area contributed by atoms with E-state index in [0.717, 1.165) is 34.6 Å². The standard InChI is InChI=1S/C17H28Si2/c1-18(2,3)15-9-11-7-8-13-14-10-12(11)16(15)17(13,14)19(4,5)6/h7-9,11-14,16H,10H2,1-6H3/t11-,12+,13-,14-,16?,17?/m1/s1. The smallest absolute Gasteiger partial charge is 0.0724 e. The molecule has 0 spiro atoms. The number of allylic oxidation sites excluding steroid dienone is 4. The molecule has 0 aromatic heterocycles. The van der Waals surface area contributed by atoms with Crippen molar-refractivity contribution in [1.29, 1.82) is 0 Å². The van der Waals surface area contributed by atoms with Gasteiger partial charge in [-0.15, -0.1) is 0 Å². The quantitative estimate of drug-likeness (QED) is 0.498. The molecule has 0 radical (unpaired) electrons. The van der Waals surface area contributed by atoms with Crippen LogP contribution in [0.2, 0.25) is 44.3 Å². The van der Waals surface area contributed by atoms with Crippen LogP contribution in [0.25, 0.3) is 0 Å². The van der Waals surface area contributed by atoms with E-state index >= 15 is 0 Å². The Kier molecular flexibility index (Phi) is 2.14. The average Bonchev–Trinajstić information content (AvgIpc) is 2.58. The molecule has 0 heterocycles. The van der Waals surface area contributed by atoms with E-state index in [1.807, 2.05) is 5.20 Å². The second-order valence-corrected chi connectivity index (χ2v) is 20.0. The minimum atomic E-state index is -1.14. The summed E-state index contributed by atoms with van der Waals surface area (Å²) in [6.07, 6.45) is 9.52. The third kappa shape index (κ3) is 1.26. The predicted octanol–water partition coefficient (Wildman–Crippen LogP) is 4.95. The lowest BCUT2D eigenvalue weighted by Gasteiger charge is -2.40. The van der Waals surface area contributed by atoms with E-state index in [1.165, 1.54) is 0 Å². The van der Waals surface area contributed by atoms with E-state index < -0.39 is 16.1 Å². The molecule has 5 rings (SSSR count). The van der Waals surface area contributed by atoms with Crippen LogP contribution in [0.4, 0.5) is 0 Å². The highest BCUT2D eigenvalue weighted by atomic mass is 28.3.